The molecule has 1 N–H and O–H groups in total. The number of hydrogen-bond acceptors (Lipinski definition) is 1. The van der Waals surface area contributed by atoms with Gasteiger partial charge in [0, 0.05) is 0 Å². The zero-order chi connectivity index (χ0) is 13.7. The molecule has 0 aromatic heterocycles. The van der Waals surface area contributed by atoms with Gasteiger partial charge in [0.15, 0.2) is 0 Å². The fourth-order valence-electron chi connectivity index (χ4n) is 2.92. The smallest absolute Gasteiger partial charge is 0.00258 e. The highest BCUT2D eigenvalue weighted by Crippen LogP contribution is 2.40. The summed E-state index contributed by atoms with van der Waals surface area (Å²) in [5.74, 6) is 2.27. The van der Waals surface area contributed by atoms with Crippen LogP contribution < -0.4 is 5.32 Å². The van der Waals surface area contributed by atoms with Crippen molar-refractivity contribution in [3.63, 3.8) is 0 Å². The molecule has 1 aromatic carbocycles. The molecule has 1 aliphatic carbocycles. The van der Waals surface area contributed by atoms with Crippen LogP contribution in [-0.4, -0.2) is 13.1 Å². The predicted octanol–water partition coefficient (Wildman–Crippen LogP) is 4.69. The maximum atomic E-state index is 3.56. The van der Waals surface area contributed by atoms with Gasteiger partial charge >= 0.3 is 0 Å². The molecule has 1 aliphatic rings. The van der Waals surface area contributed by atoms with Crippen LogP contribution in [0.3, 0.4) is 0 Å². The molecule has 1 atom stereocenters. The molecule has 0 bridgehead atoms. The Labute approximate surface area is 118 Å². The van der Waals surface area contributed by atoms with Crippen molar-refractivity contribution in [2.75, 3.05) is 13.1 Å². The van der Waals surface area contributed by atoms with Crippen molar-refractivity contribution < 1.29 is 0 Å². The predicted molar refractivity (Wildman–Crippen MR) is 83.8 cm³/mol. The summed E-state index contributed by atoms with van der Waals surface area (Å²) in [4.78, 5) is 0. The summed E-state index contributed by atoms with van der Waals surface area (Å²) in [6, 6.07) is 9.12. The third-order valence-electron chi connectivity index (χ3n) is 4.38. The van der Waals surface area contributed by atoms with Crippen LogP contribution in [0.25, 0.3) is 0 Å². The van der Waals surface area contributed by atoms with Crippen LogP contribution in [0, 0.1) is 5.92 Å². The summed E-state index contributed by atoms with van der Waals surface area (Å²) in [5.41, 5.74) is 3.23. The van der Waals surface area contributed by atoms with Gasteiger partial charge in [-0.3, -0.25) is 0 Å². The van der Waals surface area contributed by atoms with Gasteiger partial charge in [0.05, 0.1) is 0 Å². The van der Waals surface area contributed by atoms with E-state index in [1.807, 2.05) is 0 Å². The highest BCUT2D eigenvalue weighted by molar-refractivity contribution is 5.34. The van der Waals surface area contributed by atoms with Crippen molar-refractivity contribution in [1.82, 2.24) is 5.32 Å². The highest BCUT2D eigenvalue weighted by atomic mass is 14.8. The van der Waals surface area contributed by atoms with E-state index in [1.54, 1.807) is 11.1 Å². The Kier molecular flexibility index (Phi) is 5.45. The van der Waals surface area contributed by atoms with Crippen molar-refractivity contribution in [2.45, 2.75) is 58.3 Å². The summed E-state index contributed by atoms with van der Waals surface area (Å²) in [5, 5.41) is 3.56. The first-order valence-corrected chi connectivity index (χ1v) is 7.98. The van der Waals surface area contributed by atoms with Gasteiger partial charge < -0.3 is 5.32 Å². The van der Waals surface area contributed by atoms with E-state index in [0.29, 0.717) is 5.92 Å². The number of benzene rings is 1. The molecule has 0 aliphatic heterocycles. The van der Waals surface area contributed by atoms with Gasteiger partial charge in [-0.15, -0.1) is 0 Å². The Balaban J connectivity index is 1.89. The van der Waals surface area contributed by atoms with Crippen LogP contribution >= 0.6 is 0 Å². The fraction of sp³-hybridized carbons (Fsp3) is 0.667. The summed E-state index contributed by atoms with van der Waals surface area (Å²) < 4.78 is 0. The fourth-order valence-corrected chi connectivity index (χ4v) is 2.92. The number of rotatable bonds is 7. The van der Waals surface area contributed by atoms with Crippen LogP contribution in [0.1, 0.15) is 69.4 Å². The molecular formula is C18H29N. The van der Waals surface area contributed by atoms with Gasteiger partial charge in [-0.1, -0.05) is 51.5 Å². The molecule has 1 aromatic rings. The molecule has 106 valence electrons. The first-order valence-electron chi connectivity index (χ1n) is 7.98. The number of hydrogen-bond donors (Lipinski definition) is 1. The molecule has 1 nitrogen and oxygen atoms in total. The average Bonchev–Trinajstić information content (AvgIpc) is 2.33. The van der Waals surface area contributed by atoms with Gasteiger partial charge in [0.2, 0.25) is 0 Å². The second-order valence-electron chi connectivity index (χ2n) is 6.54. The average molecular weight is 259 g/mol. The van der Waals surface area contributed by atoms with Crippen LogP contribution in [0.4, 0.5) is 0 Å². The Morgan fingerprint density at radius 3 is 2.53 bits per heavy atom. The molecule has 2 rings (SSSR count). The minimum Gasteiger partial charge on any atom is -0.316 e. The standard InChI is InChI=1S/C18H29N/c1-14(2)13-19-12-11-15(3)17-9-4-5-10-18(17)16-7-6-8-16/h4-5,9-10,14-16,19H,6-8,11-13H2,1-3H3. The lowest BCUT2D eigenvalue weighted by molar-refractivity contribution is 0.414. The van der Waals surface area contributed by atoms with E-state index in [2.05, 4.69) is 50.4 Å². The Morgan fingerprint density at radius 1 is 1.16 bits per heavy atom. The number of nitrogens with one attached hydrogen (secondary N) is 1. The second-order valence-corrected chi connectivity index (χ2v) is 6.54. The van der Waals surface area contributed by atoms with Crippen molar-refractivity contribution in [2.24, 2.45) is 5.92 Å². The molecule has 1 heteroatoms. The normalized spacial score (nSPS) is 17.5. The zero-order valence-electron chi connectivity index (χ0n) is 12.8. The van der Waals surface area contributed by atoms with E-state index in [9.17, 15) is 0 Å². The molecule has 0 heterocycles. The van der Waals surface area contributed by atoms with Gasteiger partial charge in [-0.05, 0) is 61.2 Å². The molecule has 0 spiro atoms. The van der Waals surface area contributed by atoms with E-state index in [1.165, 1.54) is 25.7 Å². The van der Waals surface area contributed by atoms with Crippen molar-refractivity contribution >= 4 is 0 Å². The molecule has 19 heavy (non-hydrogen) atoms. The van der Waals surface area contributed by atoms with Crippen LogP contribution in [0.5, 0.6) is 0 Å². The Morgan fingerprint density at radius 2 is 1.89 bits per heavy atom. The molecule has 0 amide bonds. The maximum absolute atomic E-state index is 3.56. The molecule has 0 radical (unpaired) electrons. The van der Waals surface area contributed by atoms with Gasteiger partial charge in [-0.25, -0.2) is 0 Å². The van der Waals surface area contributed by atoms with E-state index < -0.39 is 0 Å². The third kappa shape index (κ3) is 4.07. The van der Waals surface area contributed by atoms with Crippen molar-refractivity contribution in [3.05, 3.63) is 35.4 Å². The van der Waals surface area contributed by atoms with Gasteiger partial charge in [-0.2, -0.15) is 0 Å². The third-order valence-corrected chi connectivity index (χ3v) is 4.38. The SMILES string of the molecule is CC(C)CNCCC(C)c1ccccc1C1CCC1. The largest absolute Gasteiger partial charge is 0.316 e. The van der Waals surface area contributed by atoms with E-state index in [-0.39, 0.29) is 0 Å². The Bertz CT molecular complexity index is 379. The topological polar surface area (TPSA) is 12.0 Å². The monoisotopic (exact) mass is 259 g/mol. The molecule has 0 saturated heterocycles. The summed E-state index contributed by atoms with van der Waals surface area (Å²) in [7, 11) is 0. The summed E-state index contributed by atoms with van der Waals surface area (Å²) >= 11 is 0. The lowest BCUT2D eigenvalue weighted by atomic mass is 9.76. The van der Waals surface area contributed by atoms with E-state index >= 15 is 0 Å². The second kappa shape index (κ2) is 7.09. The first kappa shape index (κ1) is 14.6. The zero-order valence-corrected chi connectivity index (χ0v) is 12.8. The lowest BCUT2D eigenvalue weighted by Gasteiger charge is -2.29. The van der Waals surface area contributed by atoms with Crippen LogP contribution in [-0.2, 0) is 0 Å². The molecule has 1 fully saturated rings. The van der Waals surface area contributed by atoms with E-state index in [4.69, 9.17) is 0 Å². The lowest BCUT2D eigenvalue weighted by Crippen LogP contribution is -2.22. The van der Waals surface area contributed by atoms with Gasteiger partial charge in [0.25, 0.3) is 0 Å². The minimum absolute atomic E-state index is 0.677. The highest BCUT2D eigenvalue weighted by Gasteiger charge is 2.23. The van der Waals surface area contributed by atoms with E-state index in [0.717, 1.165) is 24.9 Å². The van der Waals surface area contributed by atoms with Gasteiger partial charge in [0.1, 0.15) is 0 Å². The maximum Gasteiger partial charge on any atom is -0.00258 e. The summed E-state index contributed by atoms with van der Waals surface area (Å²) in [6.07, 6.45) is 5.46. The minimum atomic E-state index is 0.677. The van der Waals surface area contributed by atoms with Crippen molar-refractivity contribution in [3.8, 4) is 0 Å². The van der Waals surface area contributed by atoms with Crippen LogP contribution in [0.2, 0.25) is 0 Å². The van der Waals surface area contributed by atoms with Crippen LogP contribution in [0.15, 0.2) is 24.3 Å². The first-order chi connectivity index (χ1) is 9.18. The Hall–Kier alpha value is -0.820. The van der Waals surface area contributed by atoms with Crippen molar-refractivity contribution in [1.29, 1.82) is 0 Å². The molecule has 1 unspecified atom stereocenters. The quantitative estimate of drug-likeness (QED) is 0.700. The molecule has 1 saturated carbocycles. The summed E-state index contributed by atoms with van der Waals surface area (Å²) in [6.45, 7) is 9.19. The molecular weight excluding hydrogens is 230 g/mol.